The van der Waals surface area contributed by atoms with E-state index in [9.17, 15) is 0 Å². The first-order valence-corrected chi connectivity index (χ1v) is 5.61. The molecule has 0 heterocycles. The summed E-state index contributed by atoms with van der Waals surface area (Å²) in [5.74, 6) is 1.07. The van der Waals surface area contributed by atoms with Crippen molar-refractivity contribution in [2.75, 3.05) is 26.7 Å². The average molecular weight is 184 g/mol. The van der Waals surface area contributed by atoms with Gasteiger partial charge in [0.15, 0.2) is 0 Å². The molecule has 1 aliphatic rings. The van der Waals surface area contributed by atoms with Gasteiger partial charge in [0, 0.05) is 19.1 Å². The Labute approximate surface area is 82.7 Å². The van der Waals surface area contributed by atoms with Crippen LogP contribution in [0.3, 0.4) is 0 Å². The van der Waals surface area contributed by atoms with Gasteiger partial charge in [-0.05, 0) is 39.8 Å². The van der Waals surface area contributed by atoms with Crippen molar-refractivity contribution in [3.05, 3.63) is 0 Å². The minimum absolute atomic E-state index is 0.672. The molecule has 2 nitrogen and oxygen atoms in total. The molecule has 0 spiro atoms. The van der Waals surface area contributed by atoms with Crippen molar-refractivity contribution in [2.45, 2.75) is 39.2 Å². The highest BCUT2D eigenvalue weighted by Crippen LogP contribution is 2.31. The topological polar surface area (TPSA) is 15.3 Å². The number of hydrogen-bond acceptors (Lipinski definition) is 2. The summed E-state index contributed by atoms with van der Waals surface area (Å²) in [6, 6.07) is 0.672. The van der Waals surface area contributed by atoms with Crippen LogP contribution in [0.15, 0.2) is 0 Å². The monoisotopic (exact) mass is 184 g/mol. The zero-order valence-corrected chi connectivity index (χ0v) is 9.34. The standard InChI is InChI=1S/C11H24N2/c1-10(2)13(3)9-8-12-7-6-11-4-5-11/h10-12H,4-9H2,1-3H3. The Balaban J connectivity index is 1.82. The van der Waals surface area contributed by atoms with E-state index in [1.54, 1.807) is 0 Å². The highest BCUT2D eigenvalue weighted by molar-refractivity contribution is 4.73. The highest BCUT2D eigenvalue weighted by Gasteiger charge is 2.19. The van der Waals surface area contributed by atoms with E-state index in [0.717, 1.165) is 12.5 Å². The van der Waals surface area contributed by atoms with Gasteiger partial charge in [-0.2, -0.15) is 0 Å². The summed E-state index contributed by atoms with van der Waals surface area (Å²) in [6.07, 6.45) is 4.35. The van der Waals surface area contributed by atoms with Crippen LogP contribution in [0.1, 0.15) is 33.1 Å². The molecule has 0 aromatic carbocycles. The van der Waals surface area contributed by atoms with Crippen LogP contribution in [0.5, 0.6) is 0 Å². The molecule has 0 atom stereocenters. The molecule has 0 aromatic heterocycles. The Morgan fingerprint density at radius 2 is 2.00 bits per heavy atom. The third-order valence-electron chi connectivity index (χ3n) is 2.95. The molecule has 1 N–H and O–H groups in total. The summed E-state index contributed by atoms with van der Waals surface area (Å²) in [5, 5.41) is 3.50. The lowest BCUT2D eigenvalue weighted by Gasteiger charge is -2.20. The molecule has 2 heteroatoms. The van der Waals surface area contributed by atoms with E-state index in [4.69, 9.17) is 0 Å². The van der Waals surface area contributed by atoms with E-state index in [-0.39, 0.29) is 0 Å². The third kappa shape index (κ3) is 5.27. The van der Waals surface area contributed by atoms with Crippen LogP contribution in [0.25, 0.3) is 0 Å². The lowest BCUT2D eigenvalue weighted by atomic mass is 10.3. The minimum Gasteiger partial charge on any atom is -0.315 e. The second-order valence-corrected chi connectivity index (χ2v) is 4.56. The molecule has 0 bridgehead atoms. The number of likely N-dealkylation sites (N-methyl/N-ethyl adjacent to an activating group) is 1. The van der Waals surface area contributed by atoms with Gasteiger partial charge >= 0.3 is 0 Å². The fourth-order valence-corrected chi connectivity index (χ4v) is 1.35. The van der Waals surface area contributed by atoms with Crippen LogP contribution in [0.2, 0.25) is 0 Å². The molecular formula is C11H24N2. The SMILES string of the molecule is CC(C)N(C)CCNCCC1CC1. The van der Waals surface area contributed by atoms with Crippen molar-refractivity contribution in [1.82, 2.24) is 10.2 Å². The van der Waals surface area contributed by atoms with Gasteiger partial charge in [-0.15, -0.1) is 0 Å². The van der Waals surface area contributed by atoms with Gasteiger partial charge in [0.25, 0.3) is 0 Å². The molecule has 0 unspecified atom stereocenters. The number of hydrogen-bond donors (Lipinski definition) is 1. The second kappa shape index (κ2) is 5.61. The number of nitrogens with one attached hydrogen (secondary N) is 1. The summed E-state index contributed by atoms with van der Waals surface area (Å²) < 4.78 is 0. The van der Waals surface area contributed by atoms with Crippen LogP contribution in [-0.4, -0.2) is 37.6 Å². The molecule has 0 radical (unpaired) electrons. The van der Waals surface area contributed by atoms with Crippen molar-refractivity contribution in [2.24, 2.45) is 5.92 Å². The summed E-state index contributed by atoms with van der Waals surface area (Å²) >= 11 is 0. The number of nitrogens with zero attached hydrogens (tertiary/aromatic N) is 1. The van der Waals surface area contributed by atoms with E-state index in [1.165, 1.54) is 32.4 Å². The van der Waals surface area contributed by atoms with Crippen LogP contribution in [-0.2, 0) is 0 Å². The van der Waals surface area contributed by atoms with E-state index >= 15 is 0 Å². The van der Waals surface area contributed by atoms with Gasteiger partial charge in [-0.3, -0.25) is 0 Å². The van der Waals surface area contributed by atoms with E-state index in [2.05, 4.69) is 31.1 Å². The quantitative estimate of drug-likeness (QED) is 0.606. The first-order chi connectivity index (χ1) is 6.20. The van der Waals surface area contributed by atoms with Crippen LogP contribution >= 0.6 is 0 Å². The van der Waals surface area contributed by atoms with Gasteiger partial charge in [0.05, 0.1) is 0 Å². The second-order valence-electron chi connectivity index (χ2n) is 4.56. The third-order valence-corrected chi connectivity index (χ3v) is 2.95. The van der Waals surface area contributed by atoms with Crippen molar-refractivity contribution in [3.8, 4) is 0 Å². The number of rotatable bonds is 7. The molecule has 1 fully saturated rings. The van der Waals surface area contributed by atoms with E-state index in [1.807, 2.05) is 0 Å². The molecule has 0 aliphatic heterocycles. The van der Waals surface area contributed by atoms with Gasteiger partial charge in [0.1, 0.15) is 0 Å². The Morgan fingerprint density at radius 3 is 2.54 bits per heavy atom. The maximum atomic E-state index is 3.50. The fourth-order valence-electron chi connectivity index (χ4n) is 1.35. The normalized spacial score (nSPS) is 17.3. The van der Waals surface area contributed by atoms with Crippen LogP contribution in [0.4, 0.5) is 0 Å². The molecule has 0 aromatic rings. The smallest absolute Gasteiger partial charge is 0.0106 e. The summed E-state index contributed by atoms with van der Waals surface area (Å²) in [5.41, 5.74) is 0. The molecule has 1 aliphatic carbocycles. The first-order valence-electron chi connectivity index (χ1n) is 5.61. The summed E-state index contributed by atoms with van der Waals surface area (Å²) in [4.78, 5) is 2.38. The van der Waals surface area contributed by atoms with Gasteiger partial charge in [0.2, 0.25) is 0 Å². The lowest BCUT2D eigenvalue weighted by Crippen LogP contribution is -2.34. The molecular weight excluding hydrogens is 160 g/mol. The summed E-state index contributed by atoms with van der Waals surface area (Å²) in [6.45, 7) is 8.01. The van der Waals surface area contributed by atoms with Crippen LogP contribution < -0.4 is 5.32 Å². The molecule has 0 amide bonds. The van der Waals surface area contributed by atoms with Crippen molar-refractivity contribution < 1.29 is 0 Å². The van der Waals surface area contributed by atoms with Crippen molar-refractivity contribution in [1.29, 1.82) is 0 Å². The van der Waals surface area contributed by atoms with Crippen molar-refractivity contribution >= 4 is 0 Å². The predicted molar refractivity (Wildman–Crippen MR) is 58.0 cm³/mol. The van der Waals surface area contributed by atoms with Gasteiger partial charge in [-0.25, -0.2) is 0 Å². The van der Waals surface area contributed by atoms with Gasteiger partial charge in [-0.1, -0.05) is 12.8 Å². The van der Waals surface area contributed by atoms with E-state index < -0.39 is 0 Å². The highest BCUT2D eigenvalue weighted by atomic mass is 15.1. The van der Waals surface area contributed by atoms with Crippen molar-refractivity contribution in [3.63, 3.8) is 0 Å². The Hall–Kier alpha value is -0.0800. The minimum atomic E-state index is 0.672. The maximum absolute atomic E-state index is 3.50. The molecule has 1 rings (SSSR count). The summed E-state index contributed by atoms with van der Waals surface area (Å²) in [7, 11) is 2.19. The molecule has 0 saturated heterocycles. The van der Waals surface area contributed by atoms with Crippen LogP contribution in [0, 0.1) is 5.92 Å². The largest absolute Gasteiger partial charge is 0.315 e. The van der Waals surface area contributed by atoms with Gasteiger partial charge < -0.3 is 10.2 Å². The fraction of sp³-hybridized carbons (Fsp3) is 1.00. The maximum Gasteiger partial charge on any atom is 0.0106 e. The Bertz CT molecular complexity index is 130. The Morgan fingerprint density at radius 1 is 1.31 bits per heavy atom. The molecule has 13 heavy (non-hydrogen) atoms. The lowest BCUT2D eigenvalue weighted by molar-refractivity contribution is 0.273. The zero-order valence-electron chi connectivity index (χ0n) is 9.34. The molecule has 1 saturated carbocycles. The zero-order chi connectivity index (χ0) is 9.68. The average Bonchev–Trinajstić information content (AvgIpc) is 2.87. The molecule has 78 valence electrons. The first kappa shape index (κ1) is 11.0. The Kier molecular flexibility index (Phi) is 4.74. The van der Waals surface area contributed by atoms with E-state index in [0.29, 0.717) is 6.04 Å². The predicted octanol–water partition coefficient (Wildman–Crippen LogP) is 1.72.